The summed E-state index contributed by atoms with van der Waals surface area (Å²) in [6, 6.07) is 6.64. The zero-order valence-electron chi connectivity index (χ0n) is 13.3. The number of amides is 1. The molecule has 1 unspecified atom stereocenters. The van der Waals surface area contributed by atoms with E-state index in [9.17, 15) is 4.79 Å². The van der Waals surface area contributed by atoms with E-state index < -0.39 is 0 Å². The zero-order valence-corrected chi connectivity index (χ0v) is 13.3. The van der Waals surface area contributed by atoms with Gasteiger partial charge in [0, 0.05) is 23.5 Å². The summed E-state index contributed by atoms with van der Waals surface area (Å²) in [5.74, 6) is 0.923. The fourth-order valence-electron chi connectivity index (χ4n) is 2.85. The number of H-pyrrole nitrogens is 1. The SMILES string of the molecule is CC(C)Cc1c[nH]c2ccc(CC(C)CCC(N)=O)cc12. The largest absolute Gasteiger partial charge is 0.370 e. The molecule has 0 aliphatic rings. The van der Waals surface area contributed by atoms with Crippen LogP contribution < -0.4 is 5.73 Å². The van der Waals surface area contributed by atoms with Crippen molar-refractivity contribution in [2.75, 3.05) is 0 Å². The second-order valence-corrected chi connectivity index (χ2v) is 6.61. The summed E-state index contributed by atoms with van der Waals surface area (Å²) in [6.07, 6.45) is 5.56. The van der Waals surface area contributed by atoms with Crippen LogP contribution >= 0.6 is 0 Å². The Morgan fingerprint density at radius 2 is 2.00 bits per heavy atom. The Morgan fingerprint density at radius 3 is 2.67 bits per heavy atom. The second kappa shape index (κ2) is 6.79. The molecule has 2 aromatic rings. The summed E-state index contributed by atoms with van der Waals surface area (Å²) in [7, 11) is 0. The number of carbonyl (C=O) groups is 1. The molecule has 3 nitrogen and oxygen atoms in total. The number of benzene rings is 1. The molecule has 0 aliphatic heterocycles. The van der Waals surface area contributed by atoms with Gasteiger partial charge in [0.2, 0.25) is 5.91 Å². The first kappa shape index (κ1) is 15.6. The van der Waals surface area contributed by atoms with Gasteiger partial charge in [0.25, 0.3) is 0 Å². The molecule has 1 atom stereocenters. The van der Waals surface area contributed by atoms with Crippen molar-refractivity contribution in [1.82, 2.24) is 4.98 Å². The maximum Gasteiger partial charge on any atom is 0.217 e. The molecule has 0 spiro atoms. The number of carbonyl (C=O) groups excluding carboxylic acids is 1. The lowest BCUT2D eigenvalue weighted by molar-refractivity contribution is -0.118. The van der Waals surface area contributed by atoms with Crippen LogP contribution in [0.3, 0.4) is 0 Å². The van der Waals surface area contributed by atoms with E-state index in [1.165, 1.54) is 22.0 Å². The molecule has 1 aromatic heterocycles. The van der Waals surface area contributed by atoms with Crippen LogP contribution in [-0.2, 0) is 17.6 Å². The third-order valence-corrected chi connectivity index (χ3v) is 3.93. The minimum atomic E-state index is -0.206. The molecule has 0 saturated heterocycles. The van der Waals surface area contributed by atoms with E-state index in [-0.39, 0.29) is 5.91 Å². The first-order valence-corrected chi connectivity index (χ1v) is 7.83. The van der Waals surface area contributed by atoms with Crippen molar-refractivity contribution >= 4 is 16.8 Å². The molecule has 0 fully saturated rings. The third-order valence-electron chi connectivity index (χ3n) is 3.93. The molecule has 114 valence electrons. The number of primary amides is 1. The van der Waals surface area contributed by atoms with E-state index in [1.807, 2.05) is 0 Å². The number of hydrogen-bond donors (Lipinski definition) is 2. The van der Waals surface area contributed by atoms with Gasteiger partial charge in [0.05, 0.1) is 0 Å². The molecule has 1 aromatic carbocycles. The Labute approximate surface area is 126 Å². The first-order valence-electron chi connectivity index (χ1n) is 7.83. The van der Waals surface area contributed by atoms with Crippen molar-refractivity contribution in [3.05, 3.63) is 35.5 Å². The van der Waals surface area contributed by atoms with Gasteiger partial charge in [-0.15, -0.1) is 0 Å². The van der Waals surface area contributed by atoms with Gasteiger partial charge >= 0.3 is 0 Å². The van der Waals surface area contributed by atoms with Crippen LogP contribution in [0.15, 0.2) is 24.4 Å². The van der Waals surface area contributed by atoms with Crippen LogP contribution in [0.1, 0.15) is 44.7 Å². The lowest BCUT2D eigenvalue weighted by Crippen LogP contribution is -2.12. The number of aromatic amines is 1. The Morgan fingerprint density at radius 1 is 1.24 bits per heavy atom. The highest BCUT2D eigenvalue weighted by molar-refractivity contribution is 5.84. The van der Waals surface area contributed by atoms with Crippen LogP contribution in [0.4, 0.5) is 0 Å². The minimum Gasteiger partial charge on any atom is -0.370 e. The highest BCUT2D eigenvalue weighted by Gasteiger charge is 2.09. The number of rotatable bonds is 7. The Balaban J connectivity index is 2.12. The van der Waals surface area contributed by atoms with Gasteiger partial charge in [-0.2, -0.15) is 0 Å². The average Bonchev–Trinajstić information content (AvgIpc) is 2.78. The molecule has 0 radical (unpaired) electrons. The van der Waals surface area contributed by atoms with Gasteiger partial charge < -0.3 is 10.7 Å². The minimum absolute atomic E-state index is 0.206. The van der Waals surface area contributed by atoms with Gasteiger partial charge in [-0.3, -0.25) is 4.79 Å². The third kappa shape index (κ3) is 4.35. The van der Waals surface area contributed by atoms with Gasteiger partial charge in [0.15, 0.2) is 0 Å². The molecule has 21 heavy (non-hydrogen) atoms. The standard InChI is InChI=1S/C18H26N2O/c1-12(2)8-15-11-20-17-6-5-14(10-16(15)17)9-13(3)4-7-18(19)21/h5-6,10-13,20H,4,7-9H2,1-3H3,(H2,19,21). The Hall–Kier alpha value is -1.77. The van der Waals surface area contributed by atoms with E-state index in [4.69, 9.17) is 5.73 Å². The maximum atomic E-state index is 10.9. The van der Waals surface area contributed by atoms with Crippen molar-refractivity contribution < 1.29 is 4.79 Å². The number of hydrogen-bond acceptors (Lipinski definition) is 1. The van der Waals surface area contributed by atoms with E-state index in [2.05, 4.69) is 50.2 Å². The van der Waals surface area contributed by atoms with Gasteiger partial charge in [0.1, 0.15) is 0 Å². The van der Waals surface area contributed by atoms with Crippen LogP contribution in [0, 0.1) is 11.8 Å². The van der Waals surface area contributed by atoms with E-state index in [0.29, 0.717) is 18.3 Å². The summed E-state index contributed by atoms with van der Waals surface area (Å²) in [5.41, 5.74) is 9.16. The summed E-state index contributed by atoms with van der Waals surface area (Å²) < 4.78 is 0. The highest BCUT2D eigenvalue weighted by atomic mass is 16.1. The van der Waals surface area contributed by atoms with Crippen molar-refractivity contribution in [2.45, 2.75) is 46.5 Å². The maximum absolute atomic E-state index is 10.9. The lowest BCUT2D eigenvalue weighted by Gasteiger charge is -2.11. The lowest BCUT2D eigenvalue weighted by atomic mass is 9.94. The molecule has 0 saturated carbocycles. The first-order chi connectivity index (χ1) is 9.95. The van der Waals surface area contributed by atoms with Crippen LogP contribution in [-0.4, -0.2) is 10.9 Å². The topological polar surface area (TPSA) is 58.9 Å². The van der Waals surface area contributed by atoms with Crippen molar-refractivity contribution in [3.8, 4) is 0 Å². The van der Waals surface area contributed by atoms with Gasteiger partial charge in [-0.25, -0.2) is 0 Å². The quantitative estimate of drug-likeness (QED) is 0.799. The molecular formula is C18H26N2O. The fourth-order valence-corrected chi connectivity index (χ4v) is 2.85. The summed E-state index contributed by atoms with van der Waals surface area (Å²) in [5, 5.41) is 1.34. The Bertz CT molecular complexity index is 613. The van der Waals surface area contributed by atoms with E-state index >= 15 is 0 Å². The van der Waals surface area contributed by atoms with E-state index in [1.54, 1.807) is 0 Å². The summed E-state index contributed by atoms with van der Waals surface area (Å²) in [4.78, 5) is 14.2. The molecule has 3 N–H and O–H groups in total. The fraction of sp³-hybridized carbons (Fsp3) is 0.500. The molecule has 0 bridgehead atoms. The van der Waals surface area contributed by atoms with Crippen molar-refractivity contribution in [2.24, 2.45) is 17.6 Å². The number of aromatic nitrogens is 1. The Kier molecular flexibility index (Phi) is 5.05. The average molecular weight is 286 g/mol. The molecule has 2 rings (SSSR count). The van der Waals surface area contributed by atoms with Crippen LogP contribution in [0.5, 0.6) is 0 Å². The van der Waals surface area contributed by atoms with Crippen molar-refractivity contribution in [3.63, 3.8) is 0 Å². The number of nitrogens with one attached hydrogen (secondary N) is 1. The predicted octanol–water partition coefficient (Wildman–Crippen LogP) is 3.81. The van der Waals surface area contributed by atoms with Crippen molar-refractivity contribution in [1.29, 1.82) is 0 Å². The van der Waals surface area contributed by atoms with Gasteiger partial charge in [-0.05, 0) is 54.4 Å². The normalized spacial score (nSPS) is 13.0. The summed E-state index contributed by atoms with van der Waals surface area (Å²) >= 11 is 0. The zero-order chi connectivity index (χ0) is 15.4. The van der Waals surface area contributed by atoms with E-state index in [0.717, 1.165) is 19.3 Å². The monoisotopic (exact) mass is 286 g/mol. The molecule has 3 heteroatoms. The highest BCUT2D eigenvalue weighted by Crippen LogP contribution is 2.24. The molecule has 0 aliphatic carbocycles. The number of fused-ring (bicyclic) bond motifs is 1. The predicted molar refractivity (Wildman–Crippen MR) is 88.1 cm³/mol. The second-order valence-electron chi connectivity index (χ2n) is 6.61. The molecule has 1 amide bonds. The van der Waals surface area contributed by atoms with Crippen LogP contribution in [0.2, 0.25) is 0 Å². The smallest absolute Gasteiger partial charge is 0.217 e. The van der Waals surface area contributed by atoms with Gasteiger partial charge in [-0.1, -0.05) is 26.8 Å². The summed E-state index contributed by atoms with van der Waals surface area (Å²) in [6.45, 7) is 6.67. The molecule has 1 heterocycles. The van der Waals surface area contributed by atoms with Crippen LogP contribution in [0.25, 0.3) is 10.9 Å². The molecular weight excluding hydrogens is 260 g/mol. The number of nitrogens with two attached hydrogens (primary N) is 1.